The number of ether oxygens (including phenoxy) is 2. The van der Waals surface area contributed by atoms with Crippen molar-refractivity contribution in [3.63, 3.8) is 0 Å². The average Bonchev–Trinajstić information content (AvgIpc) is 2.97. The van der Waals surface area contributed by atoms with Crippen LogP contribution in [0, 0.1) is 17.3 Å². The molecule has 4 fully saturated rings. The summed E-state index contributed by atoms with van der Waals surface area (Å²) in [4.78, 5) is 17.0. The van der Waals surface area contributed by atoms with E-state index in [2.05, 4.69) is 36.4 Å². The van der Waals surface area contributed by atoms with Gasteiger partial charge in [-0.2, -0.15) is 28.1 Å². The van der Waals surface area contributed by atoms with Gasteiger partial charge in [0.2, 0.25) is 0 Å². The van der Waals surface area contributed by atoms with Gasteiger partial charge in [0, 0.05) is 12.8 Å². The van der Waals surface area contributed by atoms with Crippen LogP contribution in [0.3, 0.4) is 0 Å². The van der Waals surface area contributed by atoms with E-state index < -0.39 is 62.5 Å². The van der Waals surface area contributed by atoms with Gasteiger partial charge in [0.05, 0.1) is 12.0 Å². The Kier molecular flexibility index (Phi) is 8.26. The van der Waals surface area contributed by atoms with Crippen molar-refractivity contribution < 1.29 is 40.4 Å². The van der Waals surface area contributed by atoms with Gasteiger partial charge < -0.3 is 9.47 Å². The summed E-state index contributed by atoms with van der Waals surface area (Å²) >= 11 is 0. The molecule has 0 heterocycles. The van der Waals surface area contributed by atoms with Crippen molar-refractivity contribution in [2.45, 2.75) is 76.7 Å². The first-order valence-electron chi connectivity index (χ1n) is 14.8. The Balaban J connectivity index is 1.20. The Morgan fingerprint density at radius 3 is 2.05 bits per heavy atom. The lowest BCUT2D eigenvalue weighted by molar-refractivity contribution is -0.191. The number of rotatable bonds is 11. The molecule has 4 saturated carbocycles. The molecule has 3 atom stereocenters. The SMILES string of the molecule is O=C(OCCC(F)C(F)(F)S(=O)(=O)O)C12CC3CC(CC(Oc4cccc([SH](c5ccccc5)c5ccccc5)c4)(C3)C1)C2. The maximum atomic E-state index is 14.0. The molecule has 4 bridgehead atoms. The van der Waals surface area contributed by atoms with Crippen LogP contribution in [0.5, 0.6) is 5.75 Å². The topological polar surface area (TPSA) is 89.9 Å². The van der Waals surface area contributed by atoms with E-state index in [4.69, 9.17) is 14.0 Å². The van der Waals surface area contributed by atoms with Gasteiger partial charge in [-0.05, 0) is 101 Å². The van der Waals surface area contributed by atoms with Crippen molar-refractivity contribution in [1.82, 2.24) is 0 Å². The molecule has 0 saturated heterocycles. The van der Waals surface area contributed by atoms with E-state index in [0.717, 1.165) is 29.9 Å². The Bertz CT molecular complexity index is 1550. The Morgan fingerprint density at radius 1 is 0.909 bits per heavy atom. The van der Waals surface area contributed by atoms with Crippen molar-refractivity contribution >= 4 is 27.0 Å². The van der Waals surface area contributed by atoms with Crippen LogP contribution < -0.4 is 4.74 Å². The monoisotopic (exact) mass is 648 g/mol. The molecule has 236 valence electrons. The quantitative estimate of drug-likeness (QED) is 0.126. The number of halogens is 3. The van der Waals surface area contributed by atoms with E-state index in [0.29, 0.717) is 19.3 Å². The minimum Gasteiger partial charge on any atom is -0.487 e. The number of esters is 1. The van der Waals surface area contributed by atoms with E-state index in [-0.39, 0.29) is 11.8 Å². The second-order valence-corrected chi connectivity index (χ2v) is 16.2. The lowest BCUT2D eigenvalue weighted by atomic mass is 9.48. The Labute approximate surface area is 258 Å². The van der Waals surface area contributed by atoms with Gasteiger partial charge in [0.15, 0.2) is 6.17 Å². The lowest BCUT2D eigenvalue weighted by Crippen LogP contribution is -2.60. The molecular weight excluding hydrogens is 613 g/mol. The van der Waals surface area contributed by atoms with Crippen LogP contribution in [0.1, 0.15) is 44.9 Å². The summed E-state index contributed by atoms with van der Waals surface area (Å²) in [5.41, 5.74) is -1.47. The molecule has 7 rings (SSSR count). The zero-order chi connectivity index (χ0) is 31.2. The van der Waals surface area contributed by atoms with Crippen LogP contribution in [-0.4, -0.2) is 42.6 Å². The van der Waals surface area contributed by atoms with E-state index in [1.54, 1.807) is 0 Å². The second-order valence-electron chi connectivity index (χ2n) is 12.5. The molecule has 11 heteroatoms. The fourth-order valence-electron chi connectivity index (χ4n) is 7.81. The molecule has 0 spiro atoms. The predicted octanol–water partition coefficient (Wildman–Crippen LogP) is 7.63. The summed E-state index contributed by atoms with van der Waals surface area (Å²) < 4.78 is 83.7. The molecule has 0 amide bonds. The smallest absolute Gasteiger partial charge is 0.400 e. The summed E-state index contributed by atoms with van der Waals surface area (Å²) in [6.07, 6.45) is -0.127. The van der Waals surface area contributed by atoms with Crippen LogP contribution in [-0.2, 0) is 19.6 Å². The van der Waals surface area contributed by atoms with Crippen LogP contribution in [0.2, 0.25) is 0 Å². The number of alkyl halides is 3. The molecule has 3 aromatic carbocycles. The van der Waals surface area contributed by atoms with Crippen molar-refractivity contribution in [2.24, 2.45) is 17.3 Å². The van der Waals surface area contributed by atoms with Crippen molar-refractivity contribution in [1.29, 1.82) is 0 Å². The molecule has 4 aliphatic carbocycles. The van der Waals surface area contributed by atoms with E-state index in [1.807, 2.05) is 48.5 Å². The molecule has 0 radical (unpaired) electrons. The van der Waals surface area contributed by atoms with Crippen molar-refractivity contribution in [2.75, 3.05) is 6.61 Å². The van der Waals surface area contributed by atoms with Crippen LogP contribution in [0.4, 0.5) is 13.2 Å². The summed E-state index contributed by atoms with van der Waals surface area (Å²) in [7, 11) is -6.77. The van der Waals surface area contributed by atoms with E-state index in [9.17, 15) is 26.4 Å². The fourth-order valence-corrected chi connectivity index (χ4v) is 10.6. The fraction of sp³-hybridized carbons (Fsp3) is 0.424. The number of benzene rings is 3. The highest BCUT2D eigenvalue weighted by Crippen LogP contribution is 2.63. The predicted molar refractivity (Wildman–Crippen MR) is 161 cm³/mol. The molecule has 6 nitrogen and oxygen atoms in total. The van der Waals surface area contributed by atoms with E-state index in [1.165, 1.54) is 9.79 Å². The largest absolute Gasteiger partial charge is 0.487 e. The number of carbonyl (C=O) groups is 1. The van der Waals surface area contributed by atoms with Gasteiger partial charge in [-0.3, -0.25) is 9.35 Å². The summed E-state index contributed by atoms with van der Waals surface area (Å²) in [5, 5.41) is -4.98. The highest BCUT2D eigenvalue weighted by Gasteiger charge is 2.63. The maximum Gasteiger partial charge on any atom is 0.400 e. The molecule has 3 aromatic rings. The number of thiol groups is 1. The highest BCUT2D eigenvalue weighted by molar-refractivity contribution is 8.17. The van der Waals surface area contributed by atoms with Crippen LogP contribution >= 0.6 is 10.9 Å². The maximum absolute atomic E-state index is 14.0. The first-order valence-corrected chi connectivity index (χ1v) is 17.5. The molecule has 0 aromatic heterocycles. The first kappa shape index (κ1) is 31.0. The molecule has 1 N–H and O–H groups in total. The van der Waals surface area contributed by atoms with Crippen LogP contribution in [0.15, 0.2) is 99.6 Å². The third-order valence-electron chi connectivity index (χ3n) is 9.19. The van der Waals surface area contributed by atoms with Gasteiger partial charge in [-0.15, -0.1) is 0 Å². The molecular formula is C33H35F3O6S2. The molecule has 44 heavy (non-hydrogen) atoms. The van der Waals surface area contributed by atoms with Crippen molar-refractivity contribution in [3.8, 4) is 5.75 Å². The summed E-state index contributed by atoms with van der Waals surface area (Å²) in [6, 6.07) is 28.8. The lowest BCUT2D eigenvalue weighted by Gasteiger charge is -2.60. The van der Waals surface area contributed by atoms with Gasteiger partial charge in [0.1, 0.15) is 11.4 Å². The first-order chi connectivity index (χ1) is 20.9. The highest BCUT2D eigenvalue weighted by atomic mass is 32.2. The number of carbonyl (C=O) groups excluding carboxylic acids is 1. The van der Waals surface area contributed by atoms with Gasteiger partial charge in [-0.1, -0.05) is 42.5 Å². The van der Waals surface area contributed by atoms with Gasteiger partial charge in [0.25, 0.3) is 0 Å². The number of hydrogen-bond acceptors (Lipinski definition) is 5. The zero-order valence-corrected chi connectivity index (χ0v) is 25.7. The van der Waals surface area contributed by atoms with Gasteiger partial charge >= 0.3 is 21.3 Å². The van der Waals surface area contributed by atoms with Crippen molar-refractivity contribution in [3.05, 3.63) is 84.9 Å². The average molecular weight is 649 g/mol. The molecule has 4 aliphatic rings. The molecule has 0 aliphatic heterocycles. The zero-order valence-electron chi connectivity index (χ0n) is 23.9. The Morgan fingerprint density at radius 2 is 1.48 bits per heavy atom. The third-order valence-corrected chi connectivity index (χ3v) is 12.6. The summed E-state index contributed by atoms with van der Waals surface area (Å²) in [6.45, 7) is -0.722. The Hall–Kier alpha value is -3.02. The normalized spacial score (nSPS) is 27.0. The minimum atomic E-state index is -5.93. The minimum absolute atomic E-state index is 0.232. The molecule has 3 unspecified atom stereocenters. The van der Waals surface area contributed by atoms with Gasteiger partial charge in [-0.25, -0.2) is 4.39 Å². The second kappa shape index (κ2) is 11.7. The number of hydrogen-bond donors (Lipinski definition) is 2. The van der Waals surface area contributed by atoms with E-state index >= 15 is 0 Å². The third kappa shape index (κ3) is 5.98. The standard InChI is InChI=1S/C33H35F3O6S2/c34-29(33(35,36)44(38,39)40)14-15-41-30(37)31-18-23-16-24(19-31)21-32(20-23,22-31)42-25-8-7-13-28(17-25)43(26-9-3-1-4-10-26)27-11-5-2-6-12-27/h1-13,17,23-24,29,43H,14-16,18-22H2,(H,38,39,40). The summed E-state index contributed by atoms with van der Waals surface area (Å²) in [5.74, 6) is 0.596. The van der Waals surface area contributed by atoms with Crippen LogP contribution in [0.25, 0.3) is 0 Å².